The quantitative estimate of drug-likeness (QED) is 0.587. The third-order valence-electron chi connectivity index (χ3n) is 3.00. The van der Waals surface area contributed by atoms with Crippen LogP contribution in [-0.4, -0.2) is 26.8 Å². The first-order chi connectivity index (χ1) is 8.59. The van der Waals surface area contributed by atoms with Gasteiger partial charge in [-0.2, -0.15) is 0 Å². The molecule has 0 bridgehead atoms. The van der Waals surface area contributed by atoms with E-state index in [1.54, 1.807) is 7.11 Å². The van der Waals surface area contributed by atoms with Gasteiger partial charge in [-0.3, -0.25) is 0 Å². The lowest BCUT2D eigenvalue weighted by molar-refractivity contribution is 0.196. The summed E-state index contributed by atoms with van der Waals surface area (Å²) in [7, 11) is 1.72. The lowest BCUT2D eigenvalue weighted by atomic mass is 9.83. The van der Waals surface area contributed by atoms with Gasteiger partial charge in [-0.15, -0.1) is 6.58 Å². The van der Waals surface area contributed by atoms with E-state index in [9.17, 15) is 0 Å². The molecule has 18 heavy (non-hydrogen) atoms. The molecule has 0 aromatic heterocycles. The van der Waals surface area contributed by atoms with Gasteiger partial charge in [0, 0.05) is 30.1 Å². The molecule has 2 nitrogen and oxygen atoms in total. The lowest BCUT2D eigenvalue weighted by Crippen LogP contribution is -2.33. The zero-order chi connectivity index (χ0) is 13.4. The maximum Gasteiger partial charge on any atom is 0.0587 e. The molecule has 1 aromatic carbocycles. The van der Waals surface area contributed by atoms with Crippen LogP contribution < -0.4 is 5.32 Å². The number of rotatable bonds is 8. The van der Waals surface area contributed by atoms with Crippen molar-refractivity contribution >= 4 is 15.9 Å². The second-order valence-corrected chi connectivity index (χ2v) is 5.75. The summed E-state index contributed by atoms with van der Waals surface area (Å²) in [5.74, 6) is 0. The van der Waals surface area contributed by atoms with Crippen LogP contribution in [0.25, 0.3) is 0 Å². The standard InChI is InChI=1S/C15H22BrNO/c1-4-15(2,12-17-8-9-18-3)11-13-6-5-7-14(16)10-13/h4-7,10,17H,1,8-9,11-12H2,2-3H3. The summed E-state index contributed by atoms with van der Waals surface area (Å²) in [6.07, 6.45) is 3.02. The number of halogens is 1. The molecular weight excluding hydrogens is 290 g/mol. The van der Waals surface area contributed by atoms with Gasteiger partial charge >= 0.3 is 0 Å². The van der Waals surface area contributed by atoms with Crippen molar-refractivity contribution < 1.29 is 4.74 Å². The molecule has 0 radical (unpaired) electrons. The molecule has 0 heterocycles. The second-order valence-electron chi connectivity index (χ2n) is 4.83. The molecule has 0 spiro atoms. The Labute approximate surface area is 119 Å². The topological polar surface area (TPSA) is 21.3 Å². The van der Waals surface area contributed by atoms with E-state index >= 15 is 0 Å². The van der Waals surface area contributed by atoms with Crippen LogP contribution in [0.3, 0.4) is 0 Å². The molecule has 1 N–H and O–H groups in total. The van der Waals surface area contributed by atoms with Crippen molar-refractivity contribution in [2.24, 2.45) is 5.41 Å². The highest BCUT2D eigenvalue weighted by Crippen LogP contribution is 2.24. The Hall–Kier alpha value is -0.640. The minimum absolute atomic E-state index is 0.0640. The van der Waals surface area contributed by atoms with E-state index in [0.29, 0.717) is 0 Å². The number of hydrogen-bond donors (Lipinski definition) is 1. The summed E-state index contributed by atoms with van der Waals surface area (Å²) >= 11 is 3.51. The molecule has 0 aliphatic rings. The zero-order valence-corrected chi connectivity index (χ0v) is 12.8. The van der Waals surface area contributed by atoms with Crippen molar-refractivity contribution in [3.8, 4) is 0 Å². The van der Waals surface area contributed by atoms with Crippen molar-refractivity contribution in [2.45, 2.75) is 13.3 Å². The molecule has 1 unspecified atom stereocenters. The molecule has 0 fully saturated rings. The first kappa shape index (κ1) is 15.4. The third kappa shape index (κ3) is 5.34. The molecule has 1 rings (SSSR count). The zero-order valence-electron chi connectivity index (χ0n) is 11.2. The molecular formula is C15H22BrNO. The van der Waals surface area contributed by atoms with E-state index in [2.05, 4.69) is 52.9 Å². The van der Waals surface area contributed by atoms with E-state index in [1.165, 1.54) is 5.56 Å². The van der Waals surface area contributed by atoms with Crippen molar-refractivity contribution in [3.05, 3.63) is 47.0 Å². The molecule has 1 atom stereocenters. The normalized spacial score (nSPS) is 14.2. The van der Waals surface area contributed by atoms with Crippen LogP contribution in [-0.2, 0) is 11.2 Å². The van der Waals surface area contributed by atoms with Crippen LogP contribution in [0.2, 0.25) is 0 Å². The minimum atomic E-state index is 0.0640. The van der Waals surface area contributed by atoms with Crippen molar-refractivity contribution in [1.82, 2.24) is 5.32 Å². The average molecular weight is 312 g/mol. The average Bonchev–Trinajstić information content (AvgIpc) is 2.35. The van der Waals surface area contributed by atoms with Gasteiger partial charge < -0.3 is 10.1 Å². The van der Waals surface area contributed by atoms with Gasteiger partial charge in [0.15, 0.2) is 0 Å². The number of hydrogen-bond acceptors (Lipinski definition) is 2. The van der Waals surface area contributed by atoms with Crippen molar-refractivity contribution in [3.63, 3.8) is 0 Å². The SMILES string of the molecule is C=CC(C)(CNCCOC)Cc1cccc(Br)c1. The van der Waals surface area contributed by atoms with E-state index in [-0.39, 0.29) is 5.41 Å². The minimum Gasteiger partial charge on any atom is -0.383 e. The van der Waals surface area contributed by atoms with Gasteiger partial charge in [-0.25, -0.2) is 0 Å². The fourth-order valence-electron chi connectivity index (χ4n) is 1.87. The number of nitrogens with one attached hydrogen (secondary N) is 1. The fourth-order valence-corrected chi connectivity index (χ4v) is 2.31. The van der Waals surface area contributed by atoms with Crippen LogP contribution in [0.1, 0.15) is 12.5 Å². The Balaban J connectivity index is 2.56. The summed E-state index contributed by atoms with van der Waals surface area (Å²) in [4.78, 5) is 0. The predicted octanol–water partition coefficient (Wildman–Crippen LogP) is 3.42. The van der Waals surface area contributed by atoms with Crippen LogP contribution >= 0.6 is 15.9 Å². The van der Waals surface area contributed by atoms with E-state index < -0.39 is 0 Å². The van der Waals surface area contributed by atoms with Gasteiger partial charge in [0.05, 0.1) is 6.61 Å². The summed E-state index contributed by atoms with van der Waals surface area (Å²) in [5, 5.41) is 3.40. The maximum absolute atomic E-state index is 5.03. The number of ether oxygens (including phenoxy) is 1. The molecule has 0 aliphatic carbocycles. The summed E-state index contributed by atoms with van der Waals surface area (Å²) in [5.41, 5.74) is 1.38. The van der Waals surface area contributed by atoms with Gasteiger partial charge in [0.1, 0.15) is 0 Å². The van der Waals surface area contributed by atoms with Crippen LogP contribution in [0.4, 0.5) is 0 Å². The smallest absolute Gasteiger partial charge is 0.0587 e. The van der Waals surface area contributed by atoms with Gasteiger partial charge in [0.25, 0.3) is 0 Å². The highest BCUT2D eigenvalue weighted by atomic mass is 79.9. The first-order valence-corrected chi connectivity index (χ1v) is 6.96. The monoisotopic (exact) mass is 311 g/mol. The van der Waals surface area contributed by atoms with Gasteiger partial charge in [-0.1, -0.05) is 41.1 Å². The Kier molecular flexibility index (Phi) is 6.61. The van der Waals surface area contributed by atoms with Crippen molar-refractivity contribution in [1.29, 1.82) is 0 Å². The molecule has 0 saturated heterocycles. The van der Waals surface area contributed by atoms with Gasteiger partial charge in [-0.05, 0) is 24.1 Å². The highest BCUT2D eigenvalue weighted by molar-refractivity contribution is 9.10. The highest BCUT2D eigenvalue weighted by Gasteiger charge is 2.20. The number of benzene rings is 1. The summed E-state index contributed by atoms with van der Waals surface area (Å²) in [6.45, 7) is 8.71. The first-order valence-electron chi connectivity index (χ1n) is 6.17. The van der Waals surface area contributed by atoms with Crippen molar-refractivity contribution in [2.75, 3.05) is 26.8 Å². The van der Waals surface area contributed by atoms with E-state index in [4.69, 9.17) is 4.74 Å². The Morgan fingerprint density at radius 3 is 2.89 bits per heavy atom. The Bertz CT molecular complexity index is 381. The second kappa shape index (κ2) is 7.72. The lowest BCUT2D eigenvalue weighted by Gasteiger charge is -2.26. The molecule has 0 amide bonds. The van der Waals surface area contributed by atoms with Crippen LogP contribution in [0, 0.1) is 5.41 Å². The Morgan fingerprint density at radius 2 is 2.28 bits per heavy atom. The van der Waals surface area contributed by atoms with Gasteiger partial charge in [0.2, 0.25) is 0 Å². The summed E-state index contributed by atoms with van der Waals surface area (Å²) in [6, 6.07) is 8.44. The van der Waals surface area contributed by atoms with Crippen LogP contribution in [0.15, 0.2) is 41.4 Å². The molecule has 0 aliphatic heterocycles. The molecule has 0 saturated carbocycles. The largest absolute Gasteiger partial charge is 0.383 e. The fraction of sp³-hybridized carbons (Fsp3) is 0.467. The summed E-state index contributed by atoms with van der Waals surface area (Å²) < 4.78 is 6.15. The number of methoxy groups -OCH3 is 1. The predicted molar refractivity (Wildman–Crippen MR) is 80.9 cm³/mol. The molecule has 100 valence electrons. The van der Waals surface area contributed by atoms with E-state index in [0.717, 1.165) is 30.6 Å². The third-order valence-corrected chi connectivity index (χ3v) is 3.49. The maximum atomic E-state index is 5.03. The van der Waals surface area contributed by atoms with E-state index in [1.807, 2.05) is 12.1 Å². The molecule has 1 aromatic rings. The van der Waals surface area contributed by atoms with Crippen LogP contribution in [0.5, 0.6) is 0 Å². The molecule has 3 heteroatoms. The Morgan fingerprint density at radius 1 is 1.50 bits per heavy atom.